The maximum atomic E-state index is 11.5. The zero-order valence-corrected chi connectivity index (χ0v) is 35.6. The fourth-order valence-corrected chi connectivity index (χ4v) is 3.37. The molecule has 48 heavy (non-hydrogen) atoms. The number of pyridine rings is 2. The average Bonchev–Trinajstić information content (AvgIpc) is 2.93. The zero-order chi connectivity index (χ0) is 35.7. The molecule has 0 spiro atoms. The number of hydrogen-bond donors (Lipinski definition) is 2. The molecule has 3 aromatic rings. The fraction of sp³-hybridized carbons (Fsp3) is 0.450. The molecule has 2 heterocycles. The topological polar surface area (TPSA) is 100 Å². The Balaban J connectivity index is 0. The van der Waals surface area contributed by atoms with E-state index in [4.69, 9.17) is 0 Å². The number of carbonyl (C=O) groups excluding carboxylic acids is 2. The first kappa shape index (κ1) is 47.4. The third-order valence-electron chi connectivity index (χ3n) is 6.77. The minimum atomic E-state index is -0.417. The van der Waals surface area contributed by atoms with Crippen molar-refractivity contribution in [1.29, 1.82) is 0 Å². The molecule has 0 bridgehead atoms. The third-order valence-corrected chi connectivity index (χ3v) is 6.77. The van der Waals surface area contributed by atoms with Crippen LogP contribution < -0.4 is 0 Å². The molecule has 0 saturated heterocycles. The normalized spacial score (nSPS) is 12.2. The van der Waals surface area contributed by atoms with Crippen LogP contribution in [0.1, 0.15) is 94.2 Å². The first-order chi connectivity index (χ1) is 20.9. The summed E-state index contributed by atoms with van der Waals surface area (Å²) in [6.07, 6.45) is 6.27. The third kappa shape index (κ3) is 16.1. The standard InChI is InChI=1S/C18H14N2.2C11H20O2.2Pt/c1-13-11-15(17-7-3-5-9-19-17)14(2)16(12-13)18-8-4-6-10-20-18;2*1-10(2,3)8(12)7-9(13)11(4,5)6;;/h3-10H,1-2H3;2*7,12H,1-6H3;;/q-2;;;;/b;2*8-7-;;. The Morgan fingerprint density at radius 1 is 0.583 bits per heavy atom. The molecule has 0 radical (unpaired) electrons. The number of aliphatic hydroxyl groups is 2. The summed E-state index contributed by atoms with van der Waals surface area (Å²) in [4.78, 5) is 31.8. The SMILES string of the molecule is CC(C)(C)C(=O)/C=C(\O)C(C)(C)C.CC(C)(C)C(=O)/C=C(\O)C(C)(C)C.Cc1[c-]c(-c2ccccn2)c(C)c(-c2ccccn2)[c-]1.[Pt].[Pt]. The first-order valence-electron chi connectivity index (χ1n) is 15.6. The number of carbonyl (C=O) groups is 2. The van der Waals surface area contributed by atoms with Gasteiger partial charge in [0.15, 0.2) is 11.6 Å². The first-order valence-corrected chi connectivity index (χ1v) is 15.6. The van der Waals surface area contributed by atoms with E-state index in [9.17, 15) is 19.8 Å². The van der Waals surface area contributed by atoms with Crippen molar-refractivity contribution in [2.75, 3.05) is 0 Å². The Hall–Kier alpha value is -2.68. The van der Waals surface area contributed by atoms with Gasteiger partial charge in [-0.1, -0.05) is 108 Å². The van der Waals surface area contributed by atoms with Crippen LogP contribution in [0.2, 0.25) is 0 Å². The van der Waals surface area contributed by atoms with Crippen LogP contribution in [-0.4, -0.2) is 31.7 Å². The second kappa shape index (κ2) is 19.5. The van der Waals surface area contributed by atoms with Crippen molar-refractivity contribution in [1.82, 2.24) is 9.97 Å². The van der Waals surface area contributed by atoms with E-state index in [0.717, 1.165) is 33.6 Å². The number of nitrogens with zero attached hydrogens (tertiary/aromatic N) is 2. The summed E-state index contributed by atoms with van der Waals surface area (Å²) in [7, 11) is 0. The molecule has 0 aliphatic rings. The van der Waals surface area contributed by atoms with E-state index in [1.54, 1.807) is 12.4 Å². The number of aryl methyl sites for hydroxylation is 1. The summed E-state index contributed by atoms with van der Waals surface area (Å²) in [6.45, 7) is 26.3. The summed E-state index contributed by atoms with van der Waals surface area (Å²) in [5.41, 5.74) is 4.44. The molecule has 6 nitrogen and oxygen atoms in total. The molecular weight excluding hydrogens is 963 g/mol. The quantitative estimate of drug-likeness (QED) is 0.153. The molecule has 0 atom stereocenters. The molecule has 0 saturated carbocycles. The van der Waals surface area contributed by atoms with Crippen LogP contribution in [0.4, 0.5) is 0 Å². The molecule has 2 N–H and O–H groups in total. The Bertz CT molecular complexity index is 1410. The molecule has 0 aliphatic heterocycles. The van der Waals surface area contributed by atoms with Gasteiger partial charge >= 0.3 is 0 Å². The second-order valence-corrected chi connectivity index (χ2v) is 15.5. The van der Waals surface area contributed by atoms with Crippen LogP contribution in [0.5, 0.6) is 0 Å². The molecule has 3 rings (SSSR count). The van der Waals surface area contributed by atoms with E-state index in [2.05, 4.69) is 29.0 Å². The van der Waals surface area contributed by atoms with E-state index < -0.39 is 10.8 Å². The van der Waals surface area contributed by atoms with Crippen molar-refractivity contribution in [2.45, 2.75) is 96.9 Å². The minimum absolute atomic E-state index is 0. The van der Waals surface area contributed by atoms with E-state index in [-0.39, 0.29) is 76.0 Å². The van der Waals surface area contributed by atoms with Gasteiger partial charge in [0.25, 0.3) is 0 Å². The second-order valence-electron chi connectivity index (χ2n) is 15.5. The van der Waals surface area contributed by atoms with Crippen LogP contribution in [0.25, 0.3) is 22.5 Å². The summed E-state index contributed by atoms with van der Waals surface area (Å²) in [6, 6.07) is 18.5. The van der Waals surface area contributed by atoms with E-state index in [0.29, 0.717) is 0 Å². The van der Waals surface area contributed by atoms with Gasteiger partial charge in [-0.25, -0.2) is 11.1 Å². The number of hydrogen-bond acceptors (Lipinski definition) is 6. The number of allylic oxidation sites excluding steroid dienone is 4. The number of rotatable bonds is 4. The Kier molecular flexibility index (Phi) is 19.3. The maximum absolute atomic E-state index is 11.5. The predicted octanol–water partition coefficient (Wildman–Crippen LogP) is 10.2. The summed E-state index contributed by atoms with van der Waals surface area (Å²) >= 11 is 0. The monoisotopic (exact) mass is 1020 g/mol. The van der Waals surface area contributed by atoms with Gasteiger partial charge in [0.05, 0.1) is 0 Å². The number of ketones is 2. The van der Waals surface area contributed by atoms with Crippen LogP contribution in [0, 0.1) is 47.6 Å². The predicted molar refractivity (Wildman–Crippen MR) is 189 cm³/mol. The van der Waals surface area contributed by atoms with Gasteiger partial charge in [0.2, 0.25) is 0 Å². The summed E-state index contributed by atoms with van der Waals surface area (Å²) in [5, 5.41) is 19.1. The molecule has 1 aromatic carbocycles. The van der Waals surface area contributed by atoms with Gasteiger partial charge in [-0.15, -0.1) is 13.0 Å². The molecule has 2 aromatic heterocycles. The van der Waals surface area contributed by atoms with Crippen molar-refractivity contribution in [3.8, 4) is 22.5 Å². The zero-order valence-electron chi connectivity index (χ0n) is 31.0. The Labute approximate surface area is 318 Å². The van der Waals surface area contributed by atoms with Crippen molar-refractivity contribution in [3.63, 3.8) is 0 Å². The summed E-state index contributed by atoms with van der Waals surface area (Å²) in [5.74, 6) is 0.208. The molecule has 0 unspecified atom stereocenters. The van der Waals surface area contributed by atoms with Crippen LogP contribution >= 0.6 is 0 Å². The fourth-order valence-electron chi connectivity index (χ4n) is 3.37. The van der Waals surface area contributed by atoms with E-state index in [1.165, 1.54) is 12.2 Å². The molecule has 0 aliphatic carbocycles. The minimum Gasteiger partial charge on any atom is -0.512 e. The number of aromatic nitrogens is 2. The van der Waals surface area contributed by atoms with Crippen LogP contribution in [0.15, 0.2) is 72.5 Å². The van der Waals surface area contributed by atoms with Gasteiger partial charge in [0.1, 0.15) is 11.5 Å². The summed E-state index contributed by atoms with van der Waals surface area (Å²) < 4.78 is 0. The van der Waals surface area contributed by atoms with Crippen LogP contribution in [0.3, 0.4) is 0 Å². The van der Waals surface area contributed by atoms with Gasteiger partial charge in [-0.2, -0.15) is 5.56 Å². The van der Waals surface area contributed by atoms with Gasteiger partial charge < -0.3 is 15.2 Å². The Morgan fingerprint density at radius 3 is 1.12 bits per heavy atom. The largest absolute Gasteiger partial charge is 0.512 e. The van der Waals surface area contributed by atoms with Crippen molar-refractivity contribution in [2.24, 2.45) is 21.7 Å². The van der Waals surface area contributed by atoms with E-state index in [1.807, 2.05) is 126 Å². The van der Waals surface area contributed by atoms with Gasteiger partial charge in [-0.05, 0) is 18.2 Å². The Morgan fingerprint density at radius 2 is 0.896 bits per heavy atom. The maximum Gasteiger partial charge on any atom is 0.164 e. The van der Waals surface area contributed by atoms with Crippen molar-refractivity contribution < 1.29 is 61.9 Å². The molecule has 270 valence electrons. The molecule has 0 amide bonds. The van der Waals surface area contributed by atoms with E-state index >= 15 is 0 Å². The van der Waals surface area contributed by atoms with Crippen molar-refractivity contribution >= 4 is 11.6 Å². The van der Waals surface area contributed by atoms with Crippen LogP contribution in [-0.2, 0) is 51.7 Å². The number of aliphatic hydroxyl groups excluding tert-OH is 2. The van der Waals surface area contributed by atoms with Gasteiger partial charge in [0, 0.05) is 94.0 Å². The molecule has 8 heteroatoms. The average molecular weight is 1020 g/mol. The van der Waals surface area contributed by atoms with Gasteiger partial charge in [-0.3, -0.25) is 32.3 Å². The molecular formula is C40H54N2O4Pt2-2. The van der Waals surface area contributed by atoms with Crippen molar-refractivity contribution in [3.05, 3.63) is 95.7 Å². The number of benzene rings is 1. The smallest absolute Gasteiger partial charge is 0.164 e. The molecule has 0 fully saturated rings.